The van der Waals surface area contributed by atoms with Crippen LogP contribution in [-0.2, 0) is 0 Å². The maximum Gasteiger partial charge on any atom is 0.101 e. The van der Waals surface area contributed by atoms with E-state index in [1.807, 2.05) is 6.20 Å². The largest absolute Gasteiger partial charge is 0.375 e. The standard InChI is InChI=1S/C6H7Br2N/c1-4-2-6(8)9-3-5(4)7/h2-3,6,9H,1H3. The van der Waals surface area contributed by atoms with Crippen molar-refractivity contribution in [2.45, 2.75) is 11.9 Å². The molecule has 0 bridgehead atoms. The molecule has 9 heavy (non-hydrogen) atoms. The zero-order chi connectivity index (χ0) is 6.85. The molecule has 0 radical (unpaired) electrons. The molecule has 50 valence electrons. The van der Waals surface area contributed by atoms with Gasteiger partial charge in [0.25, 0.3) is 0 Å². The zero-order valence-electron chi connectivity index (χ0n) is 4.99. The van der Waals surface area contributed by atoms with E-state index in [0.29, 0.717) is 4.95 Å². The quantitative estimate of drug-likeness (QED) is 0.516. The molecular formula is C6H7Br2N. The molecule has 1 nitrogen and oxygen atoms in total. The van der Waals surface area contributed by atoms with Crippen LogP contribution in [0.3, 0.4) is 0 Å². The second-order valence-corrected chi connectivity index (χ2v) is 3.75. The molecule has 0 aromatic carbocycles. The fraction of sp³-hybridized carbons (Fsp3) is 0.333. The van der Waals surface area contributed by atoms with Gasteiger partial charge in [0.15, 0.2) is 0 Å². The van der Waals surface area contributed by atoms with Crippen molar-refractivity contribution in [2.75, 3.05) is 0 Å². The smallest absolute Gasteiger partial charge is 0.101 e. The van der Waals surface area contributed by atoms with Gasteiger partial charge in [0, 0.05) is 10.7 Å². The molecule has 0 spiro atoms. The van der Waals surface area contributed by atoms with Crippen LogP contribution in [0.5, 0.6) is 0 Å². The van der Waals surface area contributed by atoms with Gasteiger partial charge in [0.2, 0.25) is 0 Å². The first-order chi connectivity index (χ1) is 4.20. The van der Waals surface area contributed by atoms with E-state index in [-0.39, 0.29) is 0 Å². The summed E-state index contributed by atoms with van der Waals surface area (Å²) >= 11 is 6.79. The third-order valence-electron chi connectivity index (χ3n) is 1.14. The fourth-order valence-electron chi connectivity index (χ4n) is 0.614. The van der Waals surface area contributed by atoms with Crippen LogP contribution in [0.25, 0.3) is 0 Å². The fourth-order valence-corrected chi connectivity index (χ4v) is 1.41. The lowest BCUT2D eigenvalue weighted by Gasteiger charge is -2.13. The van der Waals surface area contributed by atoms with Crippen molar-refractivity contribution in [1.82, 2.24) is 5.32 Å². The highest BCUT2D eigenvalue weighted by Crippen LogP contribution is 2.20. The lowest BCUT2D eigenvalue weighted by Crippen LogP contribution is -2.18. The van der Waals surface area contributed by atoms with Crippen LogP contribution in [0.15, 0.2) is 22.3 Å². The Kier molecular flexibility index (Phi) is 2.35. The number of halogens is 2. The molecule has 1 N–H and O–H groups in total. The SMILES string of the molecule is CC1=CC(Br)NC=C1Br. The average molecular weight is 253 g/mol. The van der Waals surface area contributed by atoms with E-state index in [2.05, 4.69) is 50.2 Å². The Morgan fingerprint density at radius 2 is 2.33 bits per heavy atom. The van der Waals surface area contributed by atoms with Crippen LogP contribution in [0.1, 0.15) is 6.92 Å². The van der Waals surface area contributed by atoms with Crippen LogP contribution in [-0.4, -0.2) is 4.95 Å². The third-order valence-corrected chi connectivity index (χ3v) is 2.53. The molecule has 0 fully saturated rings. The molecule has 1 heterocycles. The number of dihydropyridines is 1. The summed E-state index contributed by atoms with van der Waals surface area (Å²) in [6.07, 6.45) is 4.04. The summed E-state index contributed by atoms with van der Waals surface area (Å²) in [5.74, 6) is 0. The van der Waals surface area contributed by atoms with Crippen LogP contribution in [0, 0.1) is 0 Å². The molecule has 1 aliphatic rings. The molecule has 0 aromatic heterocycles. The minimum atomic E-state index is 0.291. The number of alkyl halides is 1. The van der Waals surface area contributed by atoms with E-state index >= 15 is 0 Å². The van der Waals surface area contributed by atoms with Crippen molar-refractivity contribution in [3.05, 3.63) is 22.3 Å². The molecule has 0 aromatic rings. The number of hydrogen-bond donors (Lipinski definition) is 1. The van der Waals surface area contributed by atoms with E-state index < -0.39 is 0 Å². The van der Waals surface area contributed by atoms with Gasteiger partial charge < -0.3 is 5.32 Å². The summed E-state index contributed by atoms with van der Waals surface area (Å²) in [5, 5.41) is 3.09. The highest BCUT2D eigenvalue weighted by atomic mass is 79.9. The summed E-state index contributed by atoms with van der Waals surface area (Å²) in [4.78, 5) is 0.291. The molecule has 1 atom stereocenters. The molecule has 0 saturated carbocycles. The van der Waals surface area contributed by atoms with Crippen molar-refractivity contribution in [3.63, 3.8) is 0 Å². The first kappa shape index (κ1) is 7.35. The second kappa shape index (κ2) is 2.88. The number of rotatable bonds is 0. The van der Waals surface area contributed by atoms with E-state index in [0.717, 1.165) is 4.48 Å². The van der Waals surface area contributed by atoms with E-state index in [1.54, 1.807) is 0 Å². The Hall–Kier alpha value is 0.240. The third kappa shape index (κ3) is 1.83. The van der Waals surface area contributed by atoms with Crippen molar-refractivity contribution >= 4 is 31.9 Å². The Balaban J connectivity index is 2.75. The Labute approximate surface area is 71.5 Å². The summed E-state index contributed by atoms with van der Waals surface area (Å²) in [6, 6.07) is 0. The summed E-state index contributed by atoms with van der Waals surface area (Å²) in [7, 11) is 0. The molecule has 0 amide bonds. The maximum atomic E-state index is 3.40. The van der Waals surface area contributed by atoms with Crippen molar-refractivity contribution in [2.24, 2.45) is 0 Å². The minimum absolute atomic E-state index is 0.291. The lowest BCUT2D eigenvalue weighted by molar-refractivity contribution is 0.912. The van der Waals surface area contributed by atoms with Gasteiger partial charge in [-0.15, -0.1) is 0 Å². The lowest BCUT2D eigenvalue weighted by atomic mass is 10.2. The van der Waals surface area contributed by atoms with E-state index in [4.69, 9.17) is 0 Å². The van der Waals surface area contributed by atoms with Gasteiger partial charge in [0.1, 0.15) is 4.95 Å². The second-order valence-electron chi connectivity index (χ2n) is 1.91. The Morgan fingerprint density at radius 1 is 1.67 bits per heavy atom. The molecule has 1 unspecified atom stereocenters. The van der Waals surface area contributed by atoms with Crippen LogP contribution in [0.4, 0.5) is 0 Å². The van der Waals surface area contributed by atoms with Gasteiger partial charge >= 0.3 is 0 Å². The summed E-state index contributed by atoms with van der Waals surface area (Å²) in [6.45, 7) is 2.07. The first-order valence-corrected chi connectivity index (χ1v) is 4.35. The van der Waals surface area contributed by atoms with Gasteiger partial charge in [-0.1, -0.05) is 15.9 Å². The summed E-state index contributed by atoms with van der Waals surface area (Å²) < 4.78 is 1.12. The van der Waals surface area contributed by atoms with Crippen LogP contribution in [0.2, 0.25) is 0 Å². The predicted molar refractivity (Wildman–Crippen MR) is 46.6 cm³/mol. The van der Waals surface area contributed by atoms with E-state index in [9.17, 15) is 0 Å². The topological polar surface area (TPSA) is 12.0 Å². The van der Waals surface area contributed by atoms with Gasteiger partial charge in [-0.05, 0) is 34.5 Å². The maximum absolute atomic E-state index is 3.40. The average Bonchev–Trinajstić information content (AvgIpc) is 1.80. The monoisotopic (exact) mass is 251 g/mol. The van der Waals surface area contributed by atoms with Gasteiger partial charge in [-0.3, -0.25) is 0 Å². The molecular weight excluding hydrogens is 246 g/mol. The summed E-state index contributed by atoms with van der Waals surface area (Å²) in [5.41, 5.74) is 1.26. The highest BCUT2D eigenvalue weighted by molar-refractivity contribution is 9.12. The van der Waals surface area contributed by atoms with E-state index in [1.165, 1.54) is 5.57 Å². The van der Waals surface area contributed by atoms with Gasteiger partial charge in [-0.25, -0.2) is 0 Å². The Morgan fingerprint density at radius 3 is 2.78 bits per heavy atom. The number of hydrogen-bond acceptors (Lipinski definition) is 1. The Bertz CT molecular complexity index is 172. The first-order valence-electron chi connectivity index (χ1n) is 2.65. The van der Waals surface area contributed by atoms with Crippen LogP contribution >= 0.6 is 31.9 Å². The van der Waals surface area contributed by atoms with Crippen LogP contribution < -0.4 is 5.32 Å². The predicted octanol–water partition coefficient (Wildman–Crippen LogP) is 2.49. The molecule has 3 heteroatoms. The number of nitrogens with one attached hydrogen (secondary N) is 1. The number of allylic oxidation sites excluding steroid dienone is 2. The zero-order valence-corrected chi connectivity index (χ0v) is 8.16. The van der Waals surface area contributed by atoms with Crippen molar-refractivity contribution < 1.29 is 0 Å². The van der Waals surface area contributed by atoms with Gasteiger partial charge in [0.05, 0.1) is 0 Å². The molecule has 1 aliphatic heterocycles. The molecule has 1 rings (SSSR count). The molecule has 0 aliphatic carbocycles. The highest BCUT2D eigenvalue weighted by Gasteiger charge is 2.05. The molecule has 0 saturated heterocycles. The van der Waals surface area contributed by atoms with Crippen molar-refractivity contribution in [3.8, 4) is 0 Å². The normalized spacial score (nSPS) is 26.3. The van der Waals surface area contributed by atoms with Crippen molar-refractivity contribution in [1.29, 1.82) is 0 Å². The minimum Gasteiger partial charge on any atom is -0.375 e. The van der Waals surface area contributed by atoms with Gasteiger partial charge in [-0.2, -0.15) is 0 Å².